The second-order valence-corrected chi connectivity index (χ2v) is 5.19. The van der Waals surface area contributed by atoms with Crippen molar-refractivity contribution in [3.8, 4) is 0 Å². The molecule has 0 aliphatic heterocycles. The third-order valence-electron chi connectivity index (χ3n) is 2.27. The van der Waals surface area contributed by atoms with Gasteiger partial charge in [-0.05, 0) is 6.92 Å². The lowest BCUT2D eigenvalue weighted by Crippen LogP contribution is -2.64. The Bertz CT molecular complexity index is 566. The average Bonchev–Trinajstić information content (AvgIpc) is 2.72. The van der Waals surface area contributed by atoms with Gasteiger partial charge < -0.3 is 0 Å². The molecule has 0 fully saturated rings. The maximum absolute atomic E-state index is 13.1. The normalized spacial score (nSPS) is 14.1. The summed E-state index contributed by atoms with van der Waals surface area (Å²) in [6.45, 7) is 1.39. The van der Waals surface area contributed by atoms with Crippen LogP contribution in [0.1, 0.15) is 4.88 Å². The molecule has 1 rings (SSSR count). The lowest BCUT2D eigenvalue weighted by Gasteiger charge is -2.32. The number of hydrogen-bond donors (Lipinski definition) is 1. The maximum Gasteiger partial charge on any atom is 0.460 e. The van der Waals surface area contributed by atoms with E-state index in [1.54, 1.807) is 0 Å². The Hall–Kier alpha value is -1.53. The first-order chi connectivity index (χ1) is 9.64. The van der Waals surface area contributed by atoms with Gasteiger partial charge in [0.1, 0.15) is 0 Å². The Morgan fingerprint density at radius 3 is 1.91 bits per heavy atom. The highest BCUT2D eigenvalue weighted by molar-refractivity contribution is 7.15. The number of amides is 1. The fraction of sp³-hybridized carbons (Fsp3) is 0.556. The van der Waals surface area contributed by atoms with Crippen molar-refractivity contribution in [2.24, 2.45) is 0 Å². The van der Waals surface area contributed by atoms with E-state index in [0.717, 1.165) is 11.5 Å². The molecule has 13 heteroatoms. The van der Waals surface area contributed by atoms with Gasteiger partial charge in [0.2, 0.25) is 0 Å². The molecule has 0 radical (unpaired) electrons. The number of nitrogens with zero attached hydrogens (tertiary/aromatic N) is 1. The molecule has 1 amide bonds. The van der Waals surface area contributed by atoms with Crippen molar-refractivity contribution in [3.63, 3.8) is 0 Å². The Morgan fingerprint density at radius 1 is 1.05 bits per heavy atom. The topological polar surface area (TPSA) is 42.0 Å². The van der Waals surface area contributed by atoms with Gasteiger partial charge in [-0.3, -0.25) is 10.1 Å². The van der Waals surface area contributed by atoms with E-state index < -0.39 is 35.0 Å². The number of carbonyl (C=O) groups is 1. The molecule has 0 atom stereocenters. The van der Waals surface area contributed by atoms with Crippen LogP contribution in [0.3, 0.4) is 0 Å². The molecule has 0 aromatic carbocycles. The second kappa shape index (κ2) is 5.28. The maximum atomic E-state index is 13.1. The summed E-state index contributed by atoms with van der Waals surface area (Å²) in [5.41, 5.74) is 0. The Balaban J connectivity index is 3.12. The summed E-state index contributed by atoms with van der Waals surface area (Å²) in [7, 11) is 0. The zero-order chi connectivity index (χ0) is 17.6. The lowest BCUT2D eigenvalue weighted by molar-refractivity contribution is -0.388. The van der Waals surface area contributed by atoms with E-state index in [0.29, 0.717) is 16.2 Å². The minimum atomic E-state index is -7.11. The molecule has 0 aliphatic carbocycles. The van der Waals surface area contributed by atoms with Crippen molar-refractivity contribution in [1.82, 2.24) is 4.98 Å². The van der Waals surface area contributed by atoms with E-state index in [-0.39, 0.29) is 0 Å². The molecule has 1 N–H and O–H groups in total. The van der Waals surface area contributed by atoms with Crippen LogP contribution in [-0.4, -0.2) is 34.8 Å². The van der Waals surface area contributed by atoms with E-state index >= 15 is 0 Å². The second-order valence-electron chi connectivity index (χ2n) is 3.95. The van der Waals surface area contributed by atoms with Gasteiger partial charge in [0.15, 0.2) is 5.13 Å². The number of alkyl halides is 9. The minimum Gasteiger partial charge on any atom is -0.296 e. The van der Waals surface area contributed by atoms with Gasteiger partial charge >= 0.3 is 29.9 Å². The zero-order valence-electron chi connectivity index (χ0n) is 10.2. The van der Waals surface area contributed by atoms with E-state index in [4.69, 9.17) is 0 Å². The molecule has 1 aromatic rings. The molecular formula is C9H5F9N2OS. The Labute approximate surface area is 120 Å². The van der Waals surface area contributed by atoms with Gasteiger partial charge in [-0.2, -0.15) is 39.5 Å². The van der Waals surface area contributed by atoms with Gasteiger partial charge in [0, 0.05) is 11.1 Å². The monoisotopic (exact) mass is 360 g/mol. The fourth-order valence-corrected chi connectivity index (χ4v) is 1.77. The van der Waals surface area contributed by atoms with Gasteiger partial charge in [0.25, 0.3) is 0 Å². The van der Waals surface area contributed by atoms with Crippen molar-refractivity contribution >= 4 is 22.4 Å². The number of nitrogens with one attached hydrogen (secondary N) is 1. The van der Waals surface area contributed by atoms with Crippen molar-refractivity contribution < 1.29 is 44.3 Å². The summed E-state index contributed by atoms with van der Waals surface area (Å²) in [6.07, 6.45) is -5.95. The van der Waals surface area contributed by atoms with Crippen LogP contribution in [-0.2, 0) is 4.79 Å². The summed E-state index contributed by atoms with van der Waals surface area (Å²) in [5, 5.41) is 0.411. The molecule has 1 heterocycles. The quantitative estimate of drug-likeness (QED) is 0.829. The van der Waals surface area contributed by atoms with Crippen LogP contribution in [0.25, 0.3) is 0 Å². The molecule has 0 saturated heterocycles. The van der Waals surface area contributed by atoms with Crippen molar-refractivity contribution in [2.75, 3.05) is 5.32 Å². The number of halogens is 9. The number of rotatable bonds is 4. The molecule has 0 aliphatic rings. The molecule has 0 spiro atoms. The predicted molar refractivity (Wildman–Crippen MR) is 56.4 cm³/mol. The summed E-state index contributed by atoms with van der Waals surface area (Å²) in [5.74, 6) is -23.5. The Kier molecular flexibility index (Phi) is 4.44. The predicted octanol–water partition coefficient (Wildman–Crippen LogP) is 3.86. The summed E-state index contributed by atoms with van der Waals surface area (Å²) in [4.78, 5) is 14.6. The molecule has 0 saturated carbocycles. The summed E-state index contributed by atoms with van der Waals surface area (Å²) in [6, 6.07) is 0. The molecule has 0 unspecified atom stereocenters. The van der Waals surface area contributed by atoms with Crippen LogP contribution in [0.4, 0.5) is 44.6 Å². The van der Waals surface area contributed by atoms with Crippen molar-refractivity contribution in [2.45, 2.75) is 30.9 Å². The molecule has 22 heavy (non-hydrogen) atoms. The van der Waals surface area contributed by atoms with Gasteiger partial charge in [0.05, 0.1) is 0 Å². The standard InChI is InChI=1S/C9H5F9N2OS/c1-3-2-19-5(22-3)20-4(21)6(10,11)7(12,13)8(14,15)9(16,17)18/h2H,1H3,(H,19,20,21). The third-order valence-corrected chi connectivity index (χ3v) is 3.10. The van der Waals surface area contributed by atoms with E-state index in [1.807, 2.05) is 0 Å². The number of aryl methyl sites for hydroxylation is 1. The number of carbonyl (C=O) groups excluding carboxylic acids is 1. The van der Waals surface area contributed by atoms with Crippen LogP contribution in [0, 0.1) is 6.92 Å². The summed E-state index contributed by atoms with van der Waals surface area (Å²) < 4.78 is 113. The first-order valence-electron chi connectivity index (χ1n) is 5.08. The number of hydrogen-bond acceptors (Lipinski definition) is 3. The van der Waals surface area contributed by atoms with E-state index in [1.165, 1.54) is 6.92 Å². The average molecular weight is 360 g/mol. The first-order valence-corrected chi connectivity index (χ1v) is 5.90. The highest BCUT2D eigenvalue weighted by Gasteiger charge is 2.83. The van der Waals surface area contributed by atoms with Crippen molar-refractivity contribution in [1.29, 1.82) is 0 Å². The van der Waals surface area contributed by atoms with Gasteiger partial charge in [-0.25, -0.2) is 4.98 Å². The zero-order valence-corrected chi connectivity index (χ0v) is 11.1. The van der Waals surface area contributed by atoms with Crippen LogP contribution in [0.15, 0.2) is 6.20 Å². The molecule has 0 bridgehead atoms. The minimum absolute atomic E-state index is 0.339. The lowest BCUT2D eigenvalue weighted by atomic mass is 10.0. The largest absolute Gasteiger partial charge is 0.460 e. The van der Waals surface area contributed by atoms with E-state index in [2.05, 4.69) is 4.98 Å². The fourth-order valence-electron chi connectivity index (χ4n) is 1.11. The van der Waals surface area contributed by atoms with Crippen LogP contribution in [0.5, 0.6) is 0 Å². The third kappa shape index (κ3) is 2.85. The van der Waals surface area contributed by atoms with Crippen LogP contribution >= 0.6 is 11.3 Å². The molecule has 1 aromatic heterocycles. The first kappa shape index (κ1) is 18.5. The van der Waals surface area contributed by atoms with Gasteiger partial charge in [-0.1, -0.05) is 0 Å². The number of anilines is 1. The van der Waals surface area contributed by atoms with E-state index in [9.17, 15) is 44.3 Å². The molecule has 3 nitrogen and oxygen atoms in total. The number of aromatic nitrogens is 1. The highest BCUT2D eigenvalue weighted by Crippen LogP contribution is 2.53. The number of thiazole rings is 1. The van der Waals surface area contributed by atoms with Crippen molar-refractivity contribution in [3.05, 3.63) is 11.1 Å². The summed E-state index contributed by atoms with van der Waals surface area (Å²) >= 11 is 0.525. The Morgan fingerprint density at radius 2 is 1.55 bits per heavy atom. The molecule has 126 valence electrons. The van der Waals surface area contributed by atoms with Crippen LogP contribution < -0.4 is 5.32 Å². The molecular weight excluding hydrogens is 355 g/mol. The highest BCUT2D eigenvalue weighted by atomic mass is 32.1. The van der Waals surface area contributed by atoms with Crippen LogP contribution in [0.2, 0.25) is 0 Å². The smallest absolute Gasteiger partial charge is 0.296 e. The SMILES string of the molecule is Cc1cnc(NC(=O)C(F)(F)C(F)(F)C(F)(F)C(F)(F)F)s1. The van der Waals surface area contributed by atoms with Gasteiger partial charge in [-0.15, -0.1) is 11.3 Å².